The zero-order valence-electron chi connectivity index (χ0n) is 13.8. The van der Waals surface area contributed by atoms with E-state index >= 15 is 0 Å². The molecule has 1 aromatic carbocycles. The van der Waals surface area contributed by atoms with Crippen molar-refractivity contribution in [3.8, 4) is 0 Å². The van der Waals surface area contributed by atoms with Crippen molar-refractivity contribution in [2.45, 2.75) is 13.3 Å². The molecule has 132 valence electrons. The summed E-state index contributed by atoms with van der Waals surface area (Å²) in [5.74, 6) is -1.55. The number of rotatable bonds is 5. The Morgan fingerprint density at radius 3 is 3.00 bits per heavy atom. The lowest BCUT2D eigenvalue weighted by molar-refractivity contribution is -0.116. The molecule has 0 spiro atoms. The molecule has 7 heteroatoms. The largest absolute Gasteiger partial charge is 0.371 e. The second-order valence-corrected chi connectivity index (χ2v) is 7.13. The van der Waals surface area contributed by atoms with Crippen LogP contribution in [-0.4, -0.2) is 30.5 Å². The van der Waals surface area contributed by atoms with Gasteiger partial charge in [0.05, 0.1) is 10.7 Å². The number of halogens is 2. The molecule has 0 bridgehead atoms. The maximum Gasteiger partial charge on any atom is 0.244 e. The van der Waals surface area contributed by atoms with Gasteiger partial charge in [0.1, 0.15) is 0 Å². The van der Waals surface area contributed by atoms with E-state index in [1.807, 2.05) is 17.2 Å². The van der Waals surface area contributed by atoms with Gasteiger partial charge in [0.2, 0.25) is 5.91 Å². The molecular formula is C18H19F2N3OS. The average molecular weight is 363 g/mol. The highest BCUT2D eigenvalue weighted by Gasteiger charge is 2.23. The Bertz CT molecular complexity index is 790. The fraction of sp³-hybridized carbons (Fsp3) is 0.333. The highest BCUT2D eigenvalue weighted by Crippen LogP contribution is 2.25. The van der Waals surface area contributed by atoms with Gasteiger partial charge >= 0.3 is 0 Å². The molecule has 0 unspecified atom stereocenters. The van der Waals surface area contributed by atoms with Gasteiger partial charge in [0.25, 0.3) is 0 Å². The highest BCUT2D eigenvalue weighted by molar-refractivity contribution is 7.09. The summed E-state index contributed by atoms with van der Waals surface area (Å²) in [4.78, 5) is 18.2. The van der Waals surface area contributed by atoms with Gasteiger partial charge in [-0.1, -0.05) is 0 Å². The van der Waals surface area contributed by atoms with Crippen molar-refractivity contribution in [2.75, 3.05) is 24.5 Å². The summed E-state index contributed by atoms with van der Waals surface area (Å²) < 4.78 is 26.4. The van der Waals surface area contributed by atoms with E-state index in [2.05, 4.69) is 10.3 Å². The Balaban J connectivity index is 1.47. The molecule has 0 saturated carbocycles. The third-order valence-corrected chi connectivity index (χ3v) is 4.95. The number of anilines is 1. The molecule has 4 nitrogen and oxygen atoms in total. The standard InChI is InChI=1S/C18H19F2N3OS/c1-12-22-14(11-25-12)2-5-18(24)21-9-13-6-7-23(10-13)15-3-4-16(19)17(20)8-15/h2-5,8,11,13H,6-7,9-10H2,1H3,(H,21,24)/b5-2+/t13-/m0/s1. The quantitative estimate of drug-likeness (QED) is 0.829. The molecule has 1 fully saturated rings. The van der Waals surface area contributed by atoms with Crippen LogP contribution in [0.5, 0.6) is 0 Å². The van der Waals surface area contributed by atoms with Crippen molar-refractivity contribution in [3.63, 3.8) is 0 Å². The van der Waals surface area contributed by atoms with Crippen molar-refractivity contribution in [1.82, 2.24) is 10.3 Å². The maximum atomic E-state index is 13.3. The third kappa shape index (κ3) is 4.63. The summed E-state index contributed by atoms with van der Waals surface area (Å²) in [6, 6.07) is 3.94. The van der Waals surface area contributed by atoms with E-state index in [9.17, 15) is 13.6 Å². The van der Waals surface area contributed by atoms with E-state index < -0.39 is 11.6 Å². The van der Waals surface area contributed by atoms with Gasteiger partial charge in [-0.3, -0.25) is 4.79 Å². The summed E-state index contributed by atoms with van der Waals surface area (Å²) in [7, 11) is 0. The normalized spacial score (nSPS) is 17.4. The van der Waals surface area contributed by atoms with E-state index in [0.29, 0.717) is 18.8 Å². The van der Waals surface area contributed by atoms with Crippen LogP contribution >= 0.6 is 11.3 Å². The van der Waals surface area contributed by atoms with Crippen LogP contribution in [0.1, 0.15) is 17.1 Å². The lowest BCUT2D eigenvalue weighted by Gasteiger charge is -2.19. The fourth-order valence-electron chi connectivity index (χ4n) is 2.84. The van der Waals surface area contributed by atoms with Crippen LogP contribution < -0.4 is 10.2 Å². The minimum atomic E-state index is -0.839. The highest BCUT2D eigenvalue weighted by atomic mass is 32.1. The van der Waals surface area contributed by atoms with Crippen LogP contribution in [0.4, 0.5) is 14.5 Å². The molecule has 2 aromatic rings. The van der Waals surface area contributed by atoms with E-state index in [4.69, 9.17) is 0 Å². The second-order valence-electron chi connectivity index (χ2n) is 6.07. The van der Waals surface area contributed by atoms with Gasteiger partial charge in [-0.25, -0.2) is 13.8 Å². The molecule has 3 rings (SSSR count). The first-order chi connectivity index (χ1) is 12.0. The molecule has 2 heterocycles. The number of hydrogen-bond acceptors (Lipinski definition) is 4. The van der Waals surface area contributed by atoms with Gasteiger partial charge in [-0.2, -0.15) is 0 Å². The summed E-state index contributed by atoms with van der Waals surface area (Å²) in [5.41, 5.74) is 1.45. The van der Waals surface area contributed by atoms with E-state index in [-0.39, 0.29) is 11.8 Å². The molecule has 1 amide bonds. The Morgan fingerprint density at radius 1 is 1.44 bits per heavy atom. The Labute approximate surface area is 149 Å². The van der Waals surface area contributed by atoms with Crippen molar-refractivity contribution < 1.29 is 13.6 Å². The summed E-state index contributed by atoms with van der Waals surface area (Å²) >= 11 is 1.54. The van der Waals surface area contributed by atoms with Gasteiger partial charge in [-0.05, 0) is 37.5 Å². The van der Waals surface area contributed by atoms with Gasteiger partial charge in [-0.15, -0.1) is 11.3 Å². The second kappa shape index (κ2) is 7.74. The van der Waals surface area contributed by atoms with Crippen LogP contribution in [0.15, 0.2) is 29.7 Å². The minimum Gasteiger partial charge on any atom is -0.371 e. The number of benzene rings is 1. The maximum absolute atomic E-state index is 13.3. The number of nitrogens with one attached hydrogen (secondary N) is 1. The molecule has 1 atom stereocenters. The summed E-state index contributed by atoms with van der Waals surface area (Å²) in [6.45, 7) is 3.94. The monoisotopic (exact) mass is 363 g/mol. The lowest BCUT2D eigenvalue weighted by atomic mass is 10.1. The number of carbonyl (C=O) groups is 1. The topological polar surface area (TPSA) is 45.2 Å². The van der Waals surface area contributed by atoms with E-state index in [1.54, 1.807) is 23.5 Å². The van der Waals surface area contributed by atoms with E-state index in [1.165, 1.54) is 12.1 Å². The lowest BCUT2D eigenvalue weighted by Crippen LogP contribution is -2.29. The molecule has 25 heavy (non-hydrogen) atoms. The van der Waals surface area contributed by atoms with Crippen LogP contribution in [-0.2, 0) is 4.79 Å². The van der Waals surface area contributed by atoms with Gasteiger partial charge < -0.3 is 10.2 Å². The predicted octanol–water partition coefficient (Wildman–Crippen LogP) is 3.39. The number of hydrogen-bond donors (Lipinski definition) is 1. The van der Waals surface area contributed by atoms with Crippen LogP contribution in [0.25, 0.3) is 6.08 Å². The van der Waals surface area contributed by atoms with Crippen molar-refractivity contribution in [3.05, 3.63) is 52.0 Å². The fourth-order valence-corrected chi connectivity index (χ4v) is 3.42. The predicted molar refractivity (Wildman–Crippen MR) is 95.6 cm³/mol. The van der Waals surface area contributed by atoms with Crippen molar-refractivity contribution >= 4 is 29.0 Å². The third-order valence-electron chi connectivity index (χ3n) is 4.16. The first-order valence-corrected chi connectivity index (χ1v) is 8.97. The van der Waals surface area contributed by atoms with Crippen LogP contribution in [0, 0.1) is 24.5 Å². The zero-order chi connectivity index (χ0) is 17.8. The van der Waals surface area contributed by atoms with E-state index in [0.717, 1.165) is 29.7 Å². The average Bonchev–Trinajstić information content (AvgIpc) is 3.22. The first-order valence-electron chi connectivity index (χ1n) is 8.09. The summed E-state index contributed by atoms with van der Waals surface area (Å²) in [6.07, 6.45) is 4.08. The zero-order valence-corrected chi connectivity index (χ0v) is 14.7. The van der Waals surface area contributed by atoms with Crippen molar-refractivity contribution in [1.29, 1.82) is 0 Å². The van der Waals surface area contributed by atoms with Crippen LogP contribution in [0.3, 0.4) is 0 Å². The Morgan fingerprint density at radius 2 is 2.28 bits per heavy atom. The molecule has 1 aliphatic heterocycles. The molecule has 1 N–H and O–H groups in total. The molecular weight excluding hydrogens is 344 g/mol. The number of amides is 1. The van der Waals surface area contributed by atoms with Gasteiger partial charge in [0, 0.05) is 42.8 Å². The van der Waals surface area contributed by atoms with Crippen molar-refractivity contribution in [2.24, 2.45) is 5.92 Å². The smallest absolute Gasteiger partial charge is 0.244 e. The molecule has 0 aliphatic carbocycles. The Kier molecular flexibility index (Phi) is 5.43. The van der Waals surface area contributed by atoms with Crippen LogP contribution in [0.2, 0.25) is 0 Å². The minimum absolute atomic E-state index is 0.156. The number of aromatic nitrogens is 1. The number of carbonyl (C=O) groups excluding carboxylic acids is 1. The molecule has 1 saturated heterocycles. The number of aryl methyl sites for hydroxylation is 1. The molecule has 1 aliphatic rings. The first kappa shape index (κ1) is 17.5. The molecule has 1 aromatic heterocycles. The SMILES string of the molecule is Cc1nc(/C=C/C(=O)NC[C@@H]2CCN(c3ccc(F)c(F)c3)C2)cs1. The number of thiazole rings is 1. The number of nitrogens with zero attached hydrogens (tertiary/aromatic N) is 2. The molecule has 0 radical (unpaired) electrons. The Hall–Kier alpha value is -2.28. The summed E-state index contributed by atoms with van der Waals surface area (Å²) in [5, 5.41) is 5.74. The van der Waals surface area contributed by atoms with Gasteiger partial charge in [0.15, 0.2) is 11.6 Å².